The van der Waals surface area contributed by atoms with Gasteiger partial charge in [0.05, 0.1) is 17.6 Å². The van der Waals surface area contributed by atoms with Crippen molar-refractivity contribution < 1.29 is 9.90 Å². The van der Waals surface area contributed by atoms with E-state index >= 15 is 0 Å². The average Bonchev–Trinajstić information content (AvgIpc) is 2.47. The van der Waals surface area contributed by atoms with Crippen LogP contribution in [0.1, 0.15) is 13.0 Å². The monoisotopic (exact) mass is 279 g/mol. The van der Waals surface area contributed by atoms with Crippen LogP contribution >= 0.6 is 0 Å². The molecule has 0 amide bonds. The molecule has 3 nitrogen and oxygen atoms in total. The summed E-state index contributed by atoms with van der Waals surface area (Å²) in [5.41, 5.74) is 3.66. The molecule has 21 heavy (non-hydrogen) atoms. The smallest absolute Gasteiger partial charge is 0.307 e. The van der Waals surface area contributed by atoms with E-state index in [2.05, 4.69) is 4.98 Å². The minimum absolute atomic E-state index is 0. The Balaban J connectivity index is 0.00000161. The average molecular weight is 279 g/mol. The molecule has 0 unspecified atom stereocenters. The van der Waals surface area contributed by atoms with Crippen molar-refractivity contribution in [2.75, 3.05) is 0 Å². The zero-order valence-electron chi connectivity index (χ0n) is 10.8. The van der Waals surface area contributed by atoms with Crippen molar-refractivity contribution in [1.29, 1.82) is 0 Å². The third kappa shape index (κ3) is 3.26. The third-order valence-electron chi connectivity index (χ3n) is 3.18. The topological polar surface area (TPSA) is 50.2 Å². The molecule has 0 aliphatic heterocycles. The Morgan fingerprint density at radius 2 is 1.76 bits per heavy atom. The Hall–Kier alpha value is -2.68. The van der Waals surface area contributed by atoms with Gasteiger partial charge >= 0.3 is 5.97 Å². The van der Waals surface area contributed by atoms with Gasteiger partial charge in [0.25, 0.3) is 0 Å². The molecule has 3 heteroatoms. The summed E-state index contributed by atoms with van der Waals surface area (Å²) in [6.45, 7) is 0. The highest BCUT2D eigenvalue weighted by molar-refractivity contribution is 5.83. The number of benzene rings is 2. The van der Waals surface area contributed by atoms with Crippen molar-refractivity contribution in [3.63, 3.8) is 0 Å². The number of nitrogens with zero attached hydrogens (tertiary/aromatic N) is 1. The molecule has 0 aliphatic carbocycles. The van der Waals surface area contributed by atoms with Gasteiger partial charge in [-0.3, -0.25) is 4.79 Å². The lowest BCUT2D eigenvalue weighted by molar-refractivity contribution is -0.136. The van der Waals surface area contributed by atoms with Crippen LogP contribution in [0.15, 0.2) is 60.7 Å². The quantitative estimate of drug-likeness (QED) is 0.783. The summed E-state index contributed by atoms with van der Waals surface area (Å²) >= 11 is 0. The molecule has 0 saturated carbocycles. The highest BCUT2D eigenvalue weighted by atomic mass is 16.4. The summed E-state index contributed by atoms with van der Waals surface area (Å²) in [4.78, 5) is 15.3. The maximum atomic E-state index is 10.7. The maximum Gasteiger partial charge on any atom is 0.307 e. The molecule has 0 fully saturated rings. The molecule has 3 rings (SSSR count). The Labute approximate surface area is 123 Å². The Kier molecular flexibility index (Phi) is 4.33. The number of carboxylic acids is 1. The van der Waals surface area contributed by atoms with Gasteiger partial charge in [0.15, 0.2) is 0 Å². The van der Waals surface area contributed by atoms with Gasteiger partial charge in [-0.05, 0) is 23.8 Å². The predicted molar refractivity (Wildman–Crippen MR) is 85.2 cm³/mol. The van der Waals surface area contributed by atoms with Crippen LogP contribution in [0.5, 0.6) is 0 Å². The summed E-state index contributed by atoms with van der Waals surface area (Å²) in [7, 11) is 0. The Morgan fingerprint density at radius 3 is 2.48 bits per heavy atom. The lowest BCUT2D eigenvalue weighted by Gasteiger charge is -2.04. The van der Waals surface area contributed by atoms with E-state index in [1.54, 1.807) is 0 Å². The van der Waals surface area contributed by atoms with Crippen molar-refractivity contribution in [3.8, 4) is 11.3 Å². The summed E-state index contributed by atoms with van der Waals surface area (Å²) < 4.78 is 0. The SMILES string of the molecule is C.O=C(O)Cc1ccc2nc(-c3ccccc3)ccc2c1. The standard InChI is InChI=1S/C17H13NO2.CH4/c19-17(20)11-12-6-8-16-14(10-12)7-9-15(18-16)13-4-2-1-3-5-13;/h1-10H,11H2,(H,19,20);1H4. The molecule has 0 aliphatic rings. The first kappa shape index (κ1) is 14.7. The van der Waals surface area contributed by atoms with Crippen LogP contribution in [0.25, 0.3) is 22.2 Å². The molecule has 106 valence electrons. The van der Waals surface area contributed by atoms with E-state index in [9.17, 15) is 4.79 Å². The maximum absolute atomic E-state index is 10.7. The van der Waals surface area contributed by atoms with Crippen LogP contribution in [0.2, 0.25) is 0 Å². The Morgan fingerprint density at radius 1 is 1.00 bits per heavy atom. The fourth-order valence-electron chi connectivity index (χ4n) is 2.23. The van der Waals surface area contributed by atoms with Crippen molar-refractivity contribution in [1.82, 2.24) is 4.98 Å². The van der Waals surface area contributed by atoms with Gasteiger partial charge in [0.1, 0.15) is 0 Å². The van der Waals surface area contributed by atoms with Crippen LogP contribution in [-0.2, 0) is 11.2 Å². The van der Waals surface area contributed by atoms with Crippen LogP contribution in [0.3, 0.4) is 0 Å². The zero-order valence-corrected chi connectivity index (χ0v) is 10.8. The molecule has 0 radical (unpaired) electrons. The van der Waals surface area contributed by atoms with E-state index in [0.29, 0.717) is 0 Å². The molecule has 0 saturated heterocycles. The predicted octanol–water partition coefficient (Wildman–Crippen LogP) is 4.17. The van der Waals surface area contributed by atoms with E-state index in [1.807, 2.05) is 60.7 Å². The van der Waals surface area contributed by atoms with Crippen LogP contribution in [0.4, 0.5) is 0 Å². The fourth-order valence-corrected chi connectivity index (χ4v) is 2.23. The van der Waals surface area contributed by atoms with Gasteiger partial charge in [-0.15, -0.1) is 0 Å². The van der Waals surface area contributed by atoms with Gasteiger partial charge in [0, 0.05) is 10.9 Å². The van der Waals surface area contributed by atoms with Crippen LogP contribution < -0.4 is 0 Å². The highest BCUT2D eigenvalue weighted by Crippen LogP contribution is 2.21. The normalized spacial score (nSPS) is 10.1. The summed E-state index contributed by atoms with van der Waals surface area (Å²) in [5, 5.41) is 9.78. The van der Waals surface area contributed by atoms with Crippen molar-refractivity contribution >= 4 is 16.9 Å². The van der Waals surface area contributed by atoms with Crippen molar-refractivity contribution in [3.05, 3.63) is 66.2 Å². The van der Waals surface area contributed by atoms with Crippen LogP contribution in [0, 0.1) is 0 Å². The first-order valence-electron chi connectivity index (χ1n) is 6.39. The molecule has 3 aromatic rings. The minimum Gasteiger partial charge on any atom is -0.481 e. The molecule has 1 aromatic heterocycles. The number of rotatable bonds is 3. The highest BCUT2D eigenvalue weighted by Gasteiger charge is 2.04. The first-order valence-corrected chi connectivity index (χ1v) is 6.39. The molecule has 1 N–H and O–H groups in total. The fraction of sp³-hybridized carbons (Fsp3) is 0.111. The van der Waals surface area contributed by atoms with E-state index < -0.39 is 5.97 Å². The van der Waals surface area contributed by atoms with Gasteiger partial charge in [-0.2, -0.15) is 0 Å². The second-order valence-electron chi connectivity index (χ2n) is 4.66. The molecule has 1 heterocycles. The number of pyridine rings is 1. The molecule has 0 spiro atoms. The molecule has 2 aromatic carbocycles. The van der Waals surface area contributed by atoms with Gasteiger partial charge in [-0.1, -0.05) is 49.9 Å². The summed E-state index contributed by atoms with van der Waals surface area (Å²) in [6.07, 6.45) is 0.0381. The largest absolute Gasteiger partial charge is 0.481 e. The first-order chi connectivity index (χ1) is 9.72. The van der Waals surface area contributed by atoms with E-state index in [1.165, 1.54) is 0 Å². The minimum atomic E-state index is -0.821. The third-order valence-corrected chi connectivity index (χ3v) is 3.18. The number of carboxylic acid groups (broad SMARTS) is 1. The second-order valence-corrected chi connectivity index (χ2v) is 4.66. The summed E-state index contributed by atoms with van der Waals surface area (Å²) in [6, 6.07) is 19.5. The number of fused-ring (bicyclic) bond motifs is 1. The lowest BCUT2D eigenvalue weighted by atomic mass is 10.1. The number of aromatic nitrogens is 1. The molecular formula is C18H17NO2. The van der Waals surface area contributed by atoms with Crippen molar-refractivity contribution in [2.45, 2.75) is 13.8 Å². The van der Waals surface area contributed by atoms with Gasteiger partial charge in [-0.25, -0.2) is 4.98 Å². The van der Waals surface area contributed by atoms with E-state index in [-0.39, 0.29) is 13.8 Å². The molecular weight excluding hydrogens is 262 g/mol. The van der Waals surface area contributed by atoms with E-state index in [0.717, 1.165) is 27.7 Å². The number of aliphatic carboxylic acids is 1. The lowest BCUT2D eigenvalue weighted by Crippen LogP contribution is -1.99. The second kappa shape index (κ2) is 6.18. The molecule has 0 bridgehead atoms. The number of carbonyl (C=O) groups is 1. The van der Waals surface area contributed by atoms with Gasteiger partial charge in [0.2, 0.25) is 0 Å². The van der Waals surface area contributed by atoms with Gasteiger partial charge < -0.3 is 5.11 Å². The molecule has 0 atom stereocenters. The van der Waals surface area contributed by atoms with Crippen LogP contribution in [-0.4, -0.2) is 16.1 Å². The van der Waals surface area contributed by atoms with E-state index in [4.69, 9.17) is 5.11 Å². The number of hydrogen-bond acceptors (Lipinski definition) is 2. The van der Waals surface area contributed by atoms with Crippen molar-refractivity contribution in [2.24, 2.45) is 0 Å². The summed E-state index contributed by atoms with van der Waals surface area (Å²) in [5.74, 6) is -0.821. The number of hydrogen-bond donors (Lipinski definition) is 1. The zero-order chi connectivity index (χ0) is 13.9. The Bertz CT molecular complexity index is 767.